The Morgan fingerprint density at radius 3 is 3.06 bits per heavy atom. The number of hydrogen-bond acceptors (Lipinski definition) is 4. The zero-order chi connectivity index (χ0) is 12.3. The molecule has 2 rings (SSSR count). The van der Waals surface area contributed by atoms with Crippen molar-refractivity contribution < 1.29 is 4.79 Å². The lowest BCUT2D eigenvalue weighted by atomic mass is 10.5. The van der Waals surface area contributed by atoms with Crippen LogP contribution in [-0.2, 0) is 11.3 Å². The molecule has 1 saturated carbocycles. The highest BCUT2D eigenvalue weighted by molar-refractivity contribution is 5.75. The van der Waals surface area contributed by atoms with Crippen molar-refractivity contribution in [1.82, 2.24) is 20.0 Å². The maximum Gasteiger partial charge on any atom is 0.241 e. The number of carbonyl (C=O) groups is 1. The van der Waals surface area contributed by atoms with E-state index in [9.17, 15) is 4.79 Å². The molecule has 0 aliphatic heterocycles. The number of aromatic nitrogens is 2. The van der Waals surface area contributed by atoms with Crippen molar-refractivity contribution in [3.8, 4) is 0 Å². The number of nitrogens with zero attached hydrogens (tertiary/aromatic N) is 3. The summed E-state index contributed by atoms with van der Waals surface area (Å²) in [6.45, 7) is 1.81. The second-order valence-electron chi connectivity index (χ2n) is 4.53. The van der Waals surface area contributed by atoms with Crippen molar-refractivity contribution >= 4 is 11.6 Å². The number of nitrogens with one attached hydrogen (secondary N) is 1. The molecule has 1 aliphatic rings. The van der Waals surface area contributed by atoms with Gasteiger partial charge in [-0.05, 0) is 19.9 Å². The van der Waals surface area contributed by atoms with Crippen molar-refractivity contribution in [2.75, 3.05) is 25.9 Å². The maximum absolute atomic E-state index is 11.6. The van der Waals surface area contributed by atoms with Gasteiger partial charge in [0, 0.05) is 25.3 Å². The van der Waals surface area contributed by atoms with Gasteiger partial charge in [-0.1, -0.05) is 0 Å². The molecule has 0 bridgehead atoms. The Balaban J connectivity index is 1.63. The van der Waals surface area contributed by atoms with Crippen molar-refractivity contribution in [2.45, 2.75) is 25.4 Å². The summed E-state index contributed by atoms with van der Waals surface area (Å²) in [6, 6.07) is 0.734. The summed E-state index contributed by atoms with van der Waals surface area (Å²) >= 11 is 0. The summed E-state index contributed by atoms with van der Waals surface area (Å²) in [6.07, 6.45) is 5.76. The van der Waals surface area contributed by atoms with E-state index in [0.29, 0.717) is 12.2 Å². The van der Waals surface area contributed by atoms with Crippen LogP contribution in [-0.4, -0.2) is 46.8 Å². The fraction of sp³-hybridized carbons (Fsp3) is 0.636. The standard InChI is InChI=1S/C11H19N5O/c1-15(10-2-3-10)5-4-13-11(17)8-16-7-9(12)6-14-16/h6-7,10H,2-5,8,12H2,1H3,(H,13,17). The van der Waals surface area contributed by atoms with Crippen molar-refractivity contribution in [3.05, 3.63) is 12.4 Å². The third-order valence-electron chi connectivity index (χ3n) is 2.92. The van der Waals surface area contributed by atoms with Crippen molar-refractivity contribution in [3.63, 3.8) is 0 Å². The molecule has 17 heavy (non-hydrogen) atoms. The third kappa shape index (κ3) is 3.74. The summed E-state index contributed by atoms with van der Waals surface area (Å²) in [4.78, 5) is 13.8. The van der Waals surface area contributed by atoms with Gasteiger partial charge in [0.15, 0.2) is 0 Å². The maximum atomic E-state index is 11.6. The minimum absolute atomic E-state index is 0.0303. The molecule has 0 radical (unpaired) electrons. The summed E-state index contributed by atoms with van der Waals surface area (Å²) in [7, 11) is 2.10. The molecule has 6 heteroatoms. The zero-order valence-electron chi connectivity index (χ0n) is 10.1. The lowest BCUT2D eigenvalue weighted by molar-refractivity contribution is -0.121. The van der Waals surface area contributed by atoms with E-state index in [2.05, 4.69) is 22.4 Å². The zero-order valence-corrected chi connectivity index (χ0v) is 10.1. The van der Waals surface area contributed by atoms with E-state index in [-0.39, 0.29) is 12.5 Å². The van der Waals surface area contributed by atoms with Crippen molar-refractivity contribution in [1.29, 1.82) is 0 Å². The van der Waals surface area contributed by atoms with Crippen LogP contribution in [0.25, 0.3) is 0 Å². The molecule has 94 valence electrons. The number of rotatable bonds is 6. The molecule has 1 amide bonds. The fourth-order valence-electron chi connectivity index (χ4n) is 1.74. The van der Waals surface area contributed by atoms with Crippen molar-refractivity contribution in [2.24, 2.45) is 0 Å². The van der Waals surface area contributed by atoms with Gasteiger partial charge in [-0.3, -0.25) is 9.48 Å². The number of hydrogen-bond donors (Lipinski definition) is 2. The molecule has 0 atom stereocenters. The van der Waals surface area contributed by atoms with Gasteiger partial charge in [-0.25, -0.2) is 0 Å². The van der Waals surface area contributed by atoms with Crippen LogP contribution in [0.5, 0.6) is 0 Å². The number of anilines is 1. The average molecular weight is 237 g/mol. The number of amides is 1. The summed E-state index contributed by atoms with van der Waals surface area (Å²) in [5.74, 6) is -0.0303. The lowest BCUT2D eigenvalue weighted by Gasteiger charge is -2.15. The van der Waals surface area contributed by atoms with Crippen LogP contribution in [0.15, 0.2) is 12.4 Å². The van der Waals surface area contributed by atoms with Gasteiger partial charge in [0.1, 0.15) is 6.54 Å². The minimum atomic E-state index is -0.0303. The molecule has 1 aromatic heterocycles. The molecule has 1 aliphatic carbocycles. The molecule has 0 saturated heterocycles. The molecular formula is C11H19N5O. The topological polar surface area (TPSA) is 76.2 Å². The molecule has 1 fully saturated rings. The largest absolute Gasteiger partial charge is 0.396 e. The van der Waals surface area contributed by atoms with Crippen LogP contribution < -0.4 is 11.1 Å². The van der Waals surface area contributed by atoms with Crippen LogP contribution >= 0.6 is 0 Å². The van der Waals surface area contributed by atoms with E-state index in [4.69, 9.17) is 5.73 Å². The second-order valence-corrected chi connectivity index (χ2v) is 4.53. The van der Waals surface area contributed by atoms with Gasteiger partial charge in [-0.15, -0.1) is 0 Å². The van der Waals surface area contributed by atoms with Gasteiger partial charge >= 0.3 is 0 Å². The predicted molar refractivity (Wildman–Crippen MR) is 65.3 cm³/mol. The van der Waals surface area contributed by atoms with E-state index in [1.807, 2.05) is 0 Å². The SMILES string of the molecule is CN(CCNC(=O)Cn1cc(N)cn1)C1CC1. The quantitative estimate of drug-likeness (QED) is 0.710. The van der Waals surface area contributed by atoms with Crippen LogP contribution in [0.2, 0.25) is 0 Å². The Morgan fingerprint density at radius 1 is 1.71 bits per heavy atom. The van der Waals surface area contributed by atoms with Gasteiger partial charge in [0.2, 0.25) is 5.91 Å². The van der Waals surface area contributed by atoms with Crippen LogP contribution in [0.3, 0.4) is 0 Å². The summed E-state index contributed by atoms with van der Waals surface area (Å²) in [5.41, 5.74) is 6.09. The average Bonchev–Trinajstić information content (AvgIpc) is 3.04. The monoisotopic (exact) mass is 237 g/mol. The number of likely N-dealkylation sites (N-methyl/N-ethyl adjacent to an activating group) is 1. The van der Waals surface area contributed by atoms with E-state index in [0.717, 1.165) is 12.6 Å². The fourth-order valence-corrected chi connectivity index (χ4v) is 1.74. The number of carbonyl (C=O) groups excluding carboxylic acids is 1. The van der Waals surface area contributed by atoms with Crippen LogP contribution in [0.1, 0.15) is 12.8 Å². The van der Waals surface area contributed by atoms with E-state index >= 15 is 0 Å². The highest BCUT2D eigenvalue weighted by Crippen LogP contribution is 2.24. The molecule has 1 heterocycles. The van der Waals surface area contributed by atoms with Gasteiger partial charge in [-0.2, -0.15) is 5.10 Å². The van der Waals surface area contributed by atoms with E-state index < -0.39 is 0 Å². The summed E-state index contributed by atoms with van der Waals surface area (Å²) < 4.78 is 1.54. The second kappa shape index (κ2) is 5.18. The molecule has 0 aromatic carbocycles. The minimum Gasteiger partial charge on any atom is -0.396 e. The van der Waals surface area contributed by atoms with Crippen LogP contribution in [0, 0.1) is 0 Å². The molecule has 0 spiro atoms. The Bertz CT molecular complexity index is 385. The van der Waals surface area contributed by atoms with Gasteiger partial charge in [0.25, 0.3) is 0 Å². The Hall–Kier alpha value is -1.56. The Morgan fingerprint density at radius 2 is 2.47 bits per heavy atom. The molecular weight excluding hydrogens is 218 g/mol. The van der Waals surface area contributed by atoms with Gasteiger partial charge < -0.3 is 16.0 Å². The first kappa shape index (κ1) is 11.9. The van der Waals surface area contributed by atoms with E-state index in [1.165, 1.54) is 23.7 Å². The molecule has 6 nitrogen and oxygen atoms in total. The first-order valence-electron chi connectivity index (χ1n) is 5.90. The highest BCUT2D eigenvalue weighted by atomic mass is 16.2. The highest BCUT2D eigenvalue weighted by Gasteiger charge is 2.25. The first-order valence-corrected chi connectivity index (χ1v) is 5.90. The Labute approximate surface area is 101 Å². The molecule has 0 unspecified atom stereocenters. The van der Waals surface area contributed by atoms with E-state index in [1.54, 1.807) is 6.20 Å². The Kier molecular flexibility index (Phi) is 3.63. The molecule has 3 N–H and O–H groups in total. The number of nitrogens with two attached hydrogens (primary N) is 1. The number of nitrogen functional groups attached to an aromatic ring is 1. The van der Waals surface area contributed by atoms with Gasteiger partial charge in [0.05, 0.1) is 11.9 Å². The van der Waals surface area contributed by atoms with Crippen LogP contribution in [0.4, 0.5) is 5.69 Å². The smallest absolute Gasteiger partial charge is 0.241 e. The predicted octanol–water partition coefficient (Wildman–Crippen LogP) is -0.324. The normalized spacial score (nSPS) is 15.2. The molecule has 1 aromatic rings. The third-order valence-corrected chi connectivity index (χ3v) is 2.92. The lowest BCUT2D eigenvalue weighted by Crippen LogP contribution is -2.35. The summed E-state index contributed by atoms with van der Waals surface area (Å²) in [5, 5.41) is 6.83. The first-order chi connectivity index (χ1) is 8.15.